The molecule has 0 aliphatic heterocycles. The van der Waals surface area contributed by atoms with Gasteiger partial charge in [0.25, 0.3) is 5.91 Å². The number of carbonyl (C=O) groups excluding carboxylic acids is 1. The zero-order valence-corrected chi connectivity index (χ0v) is 12.4. The average molecular weight is 412 g/mol. The van der Waals surface area contributed by atoms with Gasteiger partial charge in [-0.25, -0.2) is 5.43 Å². The van der Waals surface area contributed by atoms with E-state index in [2.05, 4.69) is 25.8 Å². The van der Waals surface area contributed by atoms with Crippen LogP contribution in [0.2, 0.25) is 0 Å². The van der Waals surface area contributed by atoms with Gasteiger partial charge in [-0.2, -0.15) is 28.5 Å². The van der Waals surface area contributed by atoms with E-state index < -0.39 is 18.6 Å². The predicted octanol–water partition coefficient (Wildman–Crippen LogP) is 1.54. The van der Waals surface area contributed by atoms with Crippen molar-refractivity contribution in [3.05, 3.63) is 33.4 Å². The molecular weight excluding hydrogens is 404 g/mol. The number of aromatic nitrogens is 4. The summed E-state index contributed by atoms with van der Waals surface area (Å²) in [4.78, 5) is 11.6. The van der Waals surface area contributed by atoms with Crippen molar-refractivity contribution >= 4 is 34.7 Å². The third-order valence-electron chi connectivity index (χ3n) is 2.19. The second-order valence-electron chi connectivity index (χ2n) is 3.85. The molecule has 1 amide bonds. The molecule has 0 bridgehead atoms. The minimum Gasteiger partial charge on any atom is -0.272 e. The Bertz CT molecular complexity index is 662. The largest absolute Gasteiger partial charge is 0.408 e. The molecule has 0 aromatic carbocycles. The summed E-state index contributed by atoms with van der Waals surface area (Å²) in [6, 6.07) is 1.35. The summed E-state index contributed by atoms with van der Waals surface area (Å²) >= 11 is 1.92. The molecular formula is C10H8F3IN6O. The Morgan fingerprint density at radius 3 is 2.95 bits per heavy atom. The van der Waals surface area contributed by atoms with Crippen LogP contribution < -0.4 is 5.43 Å². The highest BCUT2D eigenvalue weighted by Gasteiger charge is 2.28. The maximum Gasteiger partial charge on any atom is 0.408 e. The van der Waals surface area contributed by atoms with Gasteiger partial charge in [0, 0.05) is 6.20 Å². The molecule has 0 aliphatic carbocycles. The van der Waals surface area contributed by atoms with E-state index in [-0.39, 0.29) is 11.4 Å². The first kappa shape index (κ1) is 15.5. The molecule has 0 radical (unpaired) electrons. The van der Waals surface area contributed by atoms with Crippen LogP contribution in [0.15, 0.2) is 23.6 Å². The summed E-state index contributed by atoms with van der Waals surface area (Å²) in [5.74, 6) is -0.511. The first-order valence-electron chi connectivity index (χ1n) is 5.47. The van der Waals surface area contributed by atoms with Crippen LogP contribution in [0.4, 0.5) is 13.2 Å². The summed E-state index contributed by atoms with van der Waals surface area (Å²) in [5.41, 5.74) is 2.65. The number of rotatable bonds is 4. The Kier molecular flexibility index (Phi) is 4.59. The number of halogens is 4. The number of amides is 1. The first-order chi connectivity index (χ1) is 9.85. The minimum atomic E-state index is -4.34. The van der Waals surface area contributed by atoms with Gasteiger partial charge in [0.2, 0.25) is 0 Å². The fourth-order valence-corrected chi connectivity index (χ4v) is 1.87. The molecule has 2 heterocycles. The molecule has 112 valence electrons. The number of H-pyrrole nitrogens is 1. The van der Waals surface area contributed by atoms with Crippen molar-refractivity contribution in [3.8, 4) is 0 Å². The summed E-state index contributed by atoms with van der Waals surface area (Å²) in [6.07, 6.45) is -0.549. The first-order valence-corrected chi connectivity index (χ1v) is 6.55. The van der Waals surface area contributed by atoms with E-state index >= 15 is 0 Å². The van der Waals surface area contributed by atoms with E-state index in [1.807, 2.05) is 22.6 Å². The number of hydrazone groups is 1. The van der Waals surface area contributed by atoms with Crippen molar-refractivity contribution < 1.29 is 18.0 Å². The number of nitrogens with zero attached hydrogens (tertiary/aromatic N) is 4. The number of nitrogens with one attached hydrogen (secondary N) is 2. The second-order valence-corrected chi connectivity index (χ2v) is 5.01. The van der Waals surface area contributed by atoms with Gasteiger partial charge in [-0.05, 0) is 28.7 Å². The monoisotopic (exact) mass is 412 g/mol. The molecule has 0 saturated heterocycles. The summed E-state index contributed by atoms with van der Waals surface area (Å²) < 4.78 is 37.8. The molecule has 0 atom stereocenters. The second kappa shape index (κ2) is 6.24. The summed E-state index contributed by atoms with van der Waals surface area (Å²) in [6.45, 7) is -1.18. The Hall–Kier alpha value is -1.92. The SMILES string of the molecule is O=C(N/N=C\c1ccn(CC(F)(F)F)n1)c1[nH]ncc1I. The third-order valence-corrected chi connectivity index (χ3v) is 3.00. The van der Waals surface area contributed by atoms with Crippen molar-refractivity contribution in [2.75, 3.05) is 0 Å². The van der Waals surface area contributed by atoms with Crippen LogP contribution >= 0.6 is 22.6 Å². The van der Waals surface area contributed by atoms with Gasteiger partial charge in [0.05, 0.1) is 16.0 Å². The fraction of sp³-hybridized carbons (Fsp3) is 0.200. The predicted molar refractivity (Wildman–Crippen MR) is 74.6 cm³/mol. The molecule has 21 heavy (non-hydrogen) atoms. The molecule has 2 rings (SSSR count). The van der Waals surface area contributed by atoms with Crippen LogP contribution in [0.1, 0.15) is 16.2 Å². The van der Waals surface area contributed by atoms with E-state index in [0.29, 0.717) is 3.57 Å². The summed E-state index contributed by atoms with van der Waals surface area (Å²) in [5, 5.41) is 13.4. The van der Waals surface area contributed by atoms with Crippen LogP contribution in [0.25, 0.3) is 0 Å². The number of carbonyl (C=O) groups is 1. The average Bonchev–Trinajstić information content (AvgIpc) is 2.96. The lowest BCUT2D eigenvalue weighted by Crippen LogP contribution is -2.19. The van der Waals surface area contributed by atoms with Gasteiger partial charge in [0.15, 0.2) is 0 Å². The Balaban J connectivity index is 1.93. The lowest BCUT2D eigenvalue weighted by Gasteiger charge is -2.04. The van der Waals surface area contributed by atoms with Gasteiger partial charge in [-0.3, -0.25) is 14.6 Å². The van der Waals surface area contributed by atoms with Gasteiger partial charge in [-0.1, -0.05) is 0 Å². The van der Waals surface area contributed by atoms with Crippen LogP contribution in [-0.4, -0.2) is 38.3 Å². The van der Waals surface area contributed by atoms with E-state index in [9.17, 15) is 18.0 Å². The molecule has 2 N–H and O–H groups in total. The summed E-state index contributed by atoms with van der Waals surface area (Å²) in [7, 11) is 0. The Morgan fingerprint density at radius 1 is 1.57 bits per heavy atom. The highest BCUT2D eigenvalue weighted by molar-refractivity contribution is 14.1. The minimum absolute atomic E-state index is 0.193. The van der Waals surface area contributed by atoms with Crippen molar-refractivity contribution in [2.45, 2.75) is 12.7 Å². The lowest BCUT2D eigenvalue weighted by atomic mass is 10.4. The molecule has 7 nitrogen and oxygen atoms in total. The Morgan fingerprint density at radius 2 is 2.33 bits per heavy atom. The number of alkyl halides is 3. The maximum absolute atomic E-state index is 12.1. The van der Waals surface area contributed by atoms with Gasteiger partial charge < -0.3 is 0 Å². The number of aromatic amines is 1. The fourth-order valence-electron chi connectivity index (χ4n) is 1.36. The van der Waals surface area contributed by atoms with Crippen LogP contribution in [0.5, 0.6) is 0 Å². The third kappa shape index (κ3) is 4.54. The van der Waals surface area contributed by atoms with Crippen molar-refractivity contribution in [1.29, 1.82) is 0 Å². The van der Waals surface area contributed by atoms with E-state index in [4.69, 9.17) is 0 Å². The van der Waals surface area contributed by atoms with Crippen LogP contribution in [0.3, 0.4) is 0 Å². The molecule has 0 aliphatic rings. The quantitative estimate of drug-likeness (QED) is 0.454. The van der Waals surface area contributed by atoms with Gasteiger partial charge >= 0.3 is 6.18 Å². The van der Waals surface area contributed by atoms with Crippen molar-refractivity contribution in [2.24, 2.45) is 5.10 Å². The highest BCUT2D eigenvalue weighted by atomic mass is 127. The highest BCUT2D eigenvalue weighted by Crippen LogP contribution is 2.16. The van der Waals surface area contributed by atoms with E-state index in [1.165, 1.54) is 18.5 Å². The van der Waals surface area contributed by atoms with Crippen molar-refractivity contribution in [3.63, 3.8) is 0 Å². The smallest absolute Gasteiger partial charge is 0.272 e. The normalized spacial score (nSPS) is 12.0. The van der Waals surface area contributed by atoms with E-state index in [0.717, 1.165) is 10.9 Å². The molecule has 2 aromatic rings. The molecule has 0 fully saturated rings. The zero-order valence-electron chi connectivity index (χ0n) is 10.2. The standard InChI is InChI=1S/C10H8F3IN6O/c11-10(12,13)5-20-2-1-6(19-20)3-15-18-9(21)8-7(14)4-16-17-8/h1-4H,5H2,(H,16,17)(H,18,21)/b15-3-. The molecule has 0 unspecified atom stereocenters. The van der Waals surface area contributed by atoms with Crippen molar-refractivity contribution in [1.82, 2.24) is 25.4 Å². The van der Waals surface area contributed by atoms with Gasteiger partial charge in [-0.15, -0.1) is 0 Å². The molecule has 2 aromatic heterocycles. The van der Waals surface area contributed by atoms with Crippen LogP contribution in [-0.2, 0) is 6.54 Å². The number of hydrogen-bond donors (Lipinski definition) is 2. The lowest BCUT2D eigenvalue weighted by molar-refractivity contribution is -0.142. The van der Waals surface area contributed by atoms with Crippen LogP contribution in [0, 0.1) is 3.57 Å². The number of hydrogen-bond acceptors (Lipinski definition) is 4. The van der Waals surface area contributed by atoms with E-state index in [1.54, 1.807) is 0 Å². The topological polar surface area (TPSA) is 88.0 Å². The molecule has 0 spiro atoms. The van der Waals surface area contributed by atoms with Gasteiger partial charge in [0.1, 0.15) is 17.9 Å². The zero-order chi connectivity index (χ0) is 15.5. The maximum atomic E-state index is 12.1. The molecule has 11 heteroatoms. The Labute approximate surface area is 129 Å². The molecule has 0 saturated carbocycles.